The van der Waals surface area contributed by atoms with Gasteiger partial charge in [-0.1, -0.05) is 0 Å². The Morgan fingerprint density at radius 1 is 1.29 bits per heavy atom. The summed E-state index contributed by atoms with van der Waals surface area (Å²) in [5.41, 5.74) is 1.95. The first-order chi connectivity index (χ1) is 9.49. The first-order valence-electron chi connectivity index (χ1n) is 5.85. The number of quaternary nitrogens is 1. The van der Waals surface area contributed by atoms with Crippen LogP contribution in [0.5, 0.6) is 0 Å². The Bertz CT molecular complexity index is 562. The molecule has 9 heteroatoms. The summed E-state index contributed by atoms with van der Waals surface area (Å²) in [6.45, 7) is 0. The van der Waals surface area contributed by atoms with E-state index in [1.165, 1.54) is 12.7 Å². The van der Waals surface area contributed by atoms with Gasteiger partial charge in [0.1, 0.15) is 5.69 Å². The highest BCUT2D eigenvalue weighted by Gasteiger charge is 2.10. The second kappa shape index (κ2) is 7.93. The molecule has 0 radical (unpaired) electrons. The van der Waals surface area contributed by atoms with Crippen molar-refractivity contribution >= 4 is 27.8 Å². The first-order valence-corrected chi connectivity index (χ1v) is 7.22. The molecular formula is C12H21N3O5S. The molecule has 2 N–H and O–H groups in total. The maximum atomic E-state index is 11.0. The average Bonchev–Trinajstić information content (AvgIpc) is 2.38. The van der Waals surface area contributed by atoms with E-state index in [4.69, 9.17) is 4.55 Å². The Hall–Kier alpha value is -1.68. The van der Waals surface area contributed by atoms with E-state index in [9.17, 15) is 13.5 Å². The van der Waals surface area contributed by atoms with E-state index < -0.39 is 10.4 Å². The fourth-order valence-electron chi connectivity index (χ4n) is 1.17. The molecule has 0 bridgehead atoms. The fourth-order valence-corrected chi connectivity index (χ4v) is 1.17. The summed E-state index contributed by atoms with van der Waals surface area (Å²) in [5.74, 6) is 0. The van der Waals surface area contributed by atoms with Gasteiger partial charge in [-0.15, -0.1) is 0 Å². The molecule has 0 spiro atoms. The molecule has 0 atom stereocenters. The Balaban J connectivity index is 0.000000567. The zero-order chi connectivity index (χ0) is 16.7. The zero-order valence-electron chi connectivity index (χ0n) is 12.7. The minimum absolute atomic E-state index is 0.326. The minimum Gasteiger partial charge on any atom is -0.846 e. The first kappa shape index (κ1) is 19.3. The number of nitrogens with one attached hydrogen (secondary N) is 1. The van der Waals surface area contributed by atoms with Gasteiger partial charge in [-0.05, 0) is 12.1 Å². The van der Waals surface area contributed by atoms with Crippen molar-refractivity contribution in [2.24, 2.45) is 4.99 Å². The lowest BCUT2D eigenvalue weighted by Crippen LogP contribution is -2.34. The molecule has 0 unspecified atom stereocenters. The summed E-state index contributed by atoms with van der Waals surface area (Å²) in [4.78, 5) is 3.50. The Morgan fingerprint density at radius 2 is 1.71 bits per heavy atom. The molecule has 120 valence electrons. The second-order valence-electron chi connectivity index (χ2n) is 4.81. The molecule has 0 saturated heterocycles. The van der Waals surface area contributed by atoms with Crippen molar-refractivity contribution in [3.63, 3.8) is 0 Å². The van der Waals surface area contributed by atoms with Crippen LogP contribution < -0.4 is 14.9 Å². The van der Waals surface area contributed by atoms with Crippen LogP contribution >= 0.6 is 0 Å². The number of anilines is 1. The topological polar surface area (TPSA) is 111 Å². The summed E-state index contributed by atoms with van der Waals surface area (Å²) < 4.78 is 30.5. The lowest BCUT2D eigenvalue weighted by Gasteiger charge is -2.23. The molecule has 1 aromatic carbocycles. The van der Waals surface area contributed by atoms with E-state index in [1.54, 1.807) is 0 Å². The van der Waals surface area contributed by atoms with Crippen LogP contribution in [-0.4, -0.2) is 54.3 Å². The lowest BCUT2D eigenvalue weighted by atomic mass is 10.2. The van der Waals surface area contributed by atoms with Crippen LogP contribution in [0.3, 0.4) is 0 Å². The van der Waals surface area contributed by atoms with Crippen LogP contribution in [0.25, 0.3) is 0 Å². The minimum atomic E-state index is -4.16. The molecule has 0 saturated carbocycles. The van der Waals surface area contributed by atoms with Gasteiger partial charge in [0.05, 0.1) is 34.3 Å². The molecule has 0 fully saturated rings. The van der Waals surface area contributed by atoms with Gasteiger partial charge >= 0.3 is 10.4 Å². The monoisotopic (exact) mass is 319 g/mol. The number of rotatable bonds is 3. The molecule has 21 heavy (non-hydrogen) atoms. The summed E-state index contributed by atoms with van der Waals surface area (Å²) in [7, 11) is 4.45. The molecule has 1 rings (SSSR count). The van der Waals surface area contributed by atoms with Gasteiger partial charge in [-0.25, -0.2) is 0 Å². The highest BCUT2D eigenvalue weighted by atomic mass is 32.3. The predicted molar refractivity (Wildman–Crippen MR) is 81.5 cm³/mol. The number of nitrogens with zero attached hydrogens (tertiary/aromatic N) is 2. The summed E-state index contributed by atoms with van der Waals surface area (Å²) >= 11 is 0. The van der Waals surface area contributed by atoms with E-state index in [1.807, 2.05) is 24.3 Å². The van der Waals surface area contributed by atoms with E-state index in [0.29, 0.717) is 0 Å². The summed E-state index contributed by atoms with van der Waals surface area (Å²) in [6.07, 6.45) is 0. The van der Waals surface area contributed by atoms with Crippen molar-refractivity contribution in [2.75, 3.05) is 40.6 Å². The third-order valence-electron chi connectivity index (χ3n) is 2.31. The van der Waals surface area contributed by atoms with Gasteiger partial charge in [0.25, 0.3) is 0 Å². The number of benzene rings is 1. The van der Waals surface area contributed by atoms with Crippen molar-refractivity contribution in [3.8, 4) is 0 Å². The molecule has 0 heterocycles. The Labute approximate surface area is 125 Å². The Morgan fingerprint density at radius 3 is 2.00 bits per heavy atom. The standard InChI is InChI=1S/C11H17N3O.CH4O4S/c1-12-11(15)13-9-5-7-10(8-6-9)14(2,3)4;1-5-6(2,3)4/h5-8H,1-4H3,(H-,12,13,15);1H3,(H,2,3,4). The number of hydrogen-bond donors (Lipinski definition) is 2. The van der Waals surface area contributed by atoms with Gasteiger partial charge in [-0.3, -0.25) is 18.2 Å². The van der Waals surface area contributed by atoms with Crippen LogP contribution in [-0.2, 0) is 14.6 Å². The molecule has 8 nitrogen and oxygen atoms in total. The van der Waals surface area contributed by atoms with E-state index in [0.717, 1.165) is 17.3 Å². The van der Waals surface area contributed by atoms with Gasteiger partial charge in [0.2, 0.25) is 0 Å². The van der Waals surface area contributed by atoms with Gasteiger partial charge in [0.15, 0.2) is 0 Å². The van der Waals surface area contributed by atoms with Crippen LogP contribution in [0.1, 0.15) is 0 Å². The normalized spacial score (nSPS) is 12.4. The quantitative estimate of drug-likeness (QED) is 0.353. The van der Waals surface area contributed by atoms with Crippen molar-refractivity contribution in [1.82, 2.24) is 4.48 Å². The number of aliphatic imine (C=N–C) groups is 1. The average molecular weight is 319 g/mol. The van der Waals surface area contributed by atoms with E-state index in [-0.39, 0.29) is 6.02 Å². The smallest absolute Gasteiger partial charge is 0.397 e. The molecule has 0 aromatic heterocycles. The van der Waals surface area contributed by atoms with Crippen molar-refractivity contribution < 1.29 is 22.3 Å². The lowest BCUT2D eigenvalue weighted by molar-refractivity contribution is -0.214. The van der Waals surface area contributed by atoms with Gasteiger partial charge in [0, 0.05) is 24.9 Å². The van der Waals surface area contributed by atoms with Crippen molar-refractivity contribution in [1.29, 1.82) is 0 Å². The number of amidine groups is 1. The van der Waals surface area contributed by atoms with E-state index >= 15 is 0 Å². The van der Waals surface area contributed by atoms with Crippen LogP contribution in [0.2, 0.25) is 0 Å². The third kappa shape index (κ3) is 8.97. The zero-order valence-corrected chi connectivity index (χ0v) is 13.5. The fraction of sp³-hybridized carbons (Fsp3) is 0.417. The van der Waals surface area contributed by atoms with Crippen LogP contribution in [0.4, 0.5) is 11.4 Å². The predicted octanol–water partition coefficient (Wildman–Crippen LogP) is 0.0769. The van der Waals surface area contributed by atoms with E-state index in [2.05, 4.69) is 35.6 Å². The van der Waals surface area contributed by atoms with Crippen molar-refractivity contribution in [3.05, 3.63) is 24.3 Å². The molecule has 0 aliphatic heterocycles. The van der Waals surface area contributed by atoms with Crippen LogP contribution in [0, 0.1) is 0 Å². The molecule has 0 aliphatic carbocycles. The highest BCUT2D eigenvalue weighted by Crippen LogP contribution is 2.19. The van der Waals surface area contributed by atoms with Gasteiger partial charge < -0.3 is 10.4 Å². The summed E-state index contributed by atoms with van der Waals surface area (Å²) in [5, 5.41) is 13.6. The summed E-state index contributed by atoms with van der Waals surface area (Å²) in [6, 6.07) is 7.41. The molecular weight excluding hydrogens is 298 g/mol. The molecule has 0 amide bonds. The maximum absolute atomic E-state index is 11.0. The second-order valence-corrected chi connectivity index (χ2v) is 6.00. The Kier molecular flexibility index (Phi) is 7.30. The third-order valence-corrected chi connectivity index (χ3v) is 2.73. The molecule has 0 aliphatic rings. The van der Waals surface area contributed by atoms with Crippen LogP contribution in [0.15, 0.2) is 29.3 Å². The largest absolute Gasteiger partial charge is 0.846 e. The molecule has 1 aromatic rings. The highest BCUT2D eigenvalue weighted by molar-refractivity contribution is 7.80. The van der Waals surface area contributed by atoms with Crippen molar-refractivity contribution in [2.45, 2.75) is 0 Å². The number of hydrogen-bond acceptors (Lipinski definition) is 5. The SMILES string of the molecule is CN=C([O-])Nc1ccc([N+](C)(C)C)cc1.COS(=O)(=O)O. The van der Waals surface area contributed by atoms with Gasteiger partial charge in [-0.2, -0.15) is 8.42 Å². The maximum Gasteiger partial charge on any atom is 0.397 e.